The molecule has 5 nitrogen and oxygen atoms in total. The number of aromatic nitrogens is 2. The van der Waals surface area contributed by atoms with Gasteiger partial charge in [0.15, 0.2) is 0 Å². The van der Waals surface area contributed by atoms with Crippen LogP contribution in [0.4, 0.5) is 11.8 Å². The molecule has 1 aliphatic rings. The average molecular weight is 272 g/mol. The highest BCUT2D eigenvalue weighted by atomic mass is 16.3. The summed E-state index contributed by atoms with van der Waals surface area (Å²) < 4.78 is 0. The minimum atomic E-state index is -0.234. The monoisotopic (exact) mass is 272 g/mol. The SMILES string of the molecule is CNc1nc(NC2(CO)CCCC2)c2ccccc2n1. The van der Waals surface area contributed by atoms with Gasteiger partial charge in [0.1, 0.15) is 5.82 Å². The van der Waals surface area contributed by atoms with Crippen molar-refractivity contribution < 1.29 is 5.11 Å². The minimum absolute atomic E-state index is 0.139. The molecule has 1 aromatic heterocycles. The number of para-hydroxylation sites is 1. The van der Waals surface area contributed by atoms with E-state index in [1.54, 1.807) is 0 Å². The van der Waals surface area contributed by atoms with Gasteiger partial charge in [0.05, 0.1) is 17.7 Å². The van der Waals surface area contributed by atoms with Gasteiger partial charge in [-0.3, -0.25) is 0 Å². The van der Waals surface area contributed by atoms with Crippen molar-refractivity contribution in [3.05, 3.63) is 24.3 Å². The Labute approximate surface area is 118 Å². The van der Waals surface area contributed by atoms with E-state index in [4.69, 9.17) is 0 Å². The first-order chi connectivity index (χ1) is 9.76. The predicted octanol–water partition coefficient (Wildman–Crippen LogP) is 2.39. The molecule has 0 aliphatic heterocycles. The van der Waals surface area contributed by atoms with Crippen LogP contribution in [0.1, 0.15) is 25.7 Å². The van der Waals surface area contributed by atoms with Gasteiger partial charge < -0.3 is 15.7 Å². The van der Waals surface area contributed by atoms with Crippen molar-refractivity contribution in [3.63, 3.8) is 0 Å². The zero-order valence-electron chi connectivity index (χ0n) is 11.7. The normalized spacial score (nSPS) is 17.3. The maximum Gasteiger partial charge on any atom is 0.224 e. The summed E-state index contributed by atoms with van der Waals surface area (Å²) in [6.45, 7) is 0.139. The lowest BCUT2D eigenvalue weighted by Crippen LogP contribution is -2.39. The maximum absolute atomic E-state index is 9.75. The van der Waals surface area contributed by atoms with Crippen molar-refractivity contribution in [2.75, 3.05) is 24.3 Å². The molecule has 0 saturated heterocycles. The van der Waals surface area contributed by atoms with E-state index >= 15 is 0 Å². The Hall–Kier alpha value is -1.88. The summed E-state index contributed by atoms with van der Waals surface area (Å²) in [5.41, 5.74) is 0.669. The van der Waals surface area contributed by atoms with Crippen molar-refractivity contribution in [1.82, 2.24) is 9.97 Å². The molecule has 5 heteroatoms. The fourth-order valence-electron chi connectivity index (χ4n) is 2.91. The Balaban J connectivity index is 2.05. The second-order valence-corrected chi connectivity index (χ2v) is 5.43. The Morgan fingerprint density at radius 1 is 1.20 bits per heavy atom. The fraction of sp³-hybridized carbons (Fsp3) is 0.467. The number of fused-ring (bicyclic) bond motifs is 1. The van der Waals surface area contributed by atoms with E-state index in [9.17, 15) is 5.11 Å². The third-order valence-corrected chi connectivity index (χ3v) is 4.07. The molecule has 106 valence electrons. The first-order valence-electron chi connectivity index (χ1n) is 7.10. The zero-order chi connectivity index (χ0) is 14.0. The van der Waals surface area contributed by atoms with Gasteiger partial charge in [0.25, 0.3) is 0 Å². The molecule has 0 amide bonds. The molecule has 1 heterocycles. The third-order valence-electron chi connectivity index (χ3n) is 4.07. The molecule has 0 atom stereocenters. The lowest BCUT2D eigenvalue weighted by molar-refractivity contribution is 0.214. The number of rotatable bonds is 4. The van der Waals surface area contributed by atoms with Gasteiger partial charge >= 0.3 is 0 Å². The number of hydrogen-bond donors (Lipinski definition) is 3. The van der Waals surface area contributed by atoms with E-state index in [0.717, 1.165) is 42.4 Å². The van der Waals surface area contributed by atoms with Gasteiger partial charge in [-0.25, -0.2) is 4.98 Å². The smallest absolute Gasteiger partial charge is 0.224 e. The Bertz CT molecular complexity index is 608. The molecule has 3 rings (SSSR count). The van der Waals surface area contributed by atoms with Gasteiger partial charge in [-0.15, -0.1) is 0 Å². The second kappa shape index (κ2) is 5.25. The van der Waals surface area contributed by atoms with E-state index in [0.29, 0.717) is 5.95 Å². The Kier molecular flexibility index (Phi) is 3.44. The number of aliphatic hydroxyl groups excluding tert-OH is 1. The molecule has 20 heavy (non-hydrogen) atoms. The van der Waals surface area contributed by atoms with Crippen molar-refractivity contribution in [3.8, 4) is 0 Å². The van der Waals surface area contributed by atoms with Gasteiger partial charge in [0.2, 0.25) is 5.95 Å². The summed E-state index contributed by atoms with van der Waals surface area (Å²) in [7, 11) is 1.81. The molecule has 2 aromatic rings. The number of nitrogens with zero attached hydrogens (tertiary/aromatic N) is 2. The summed E-state index contributed by atoms with van der Waals surface area (Å²) in [6.07, 6.45) is 4.26. The largest absolute Gasteiger partial charge is 0.394 e. The number of anilines is 2. The molecule has 0 radical (unpaired) electrons. The number of aliphatic hydroxyl groups is 1. The average Bonchev–Trinajstić information content (AvgIpc) is 2.96. The highest BCUT2D eigenvalue weighted by Gasteiger charge is 2.33. The quantitative estimate of drug-likeness (QED) is 0.797. The zero-order valence-corrected chi connectivity index (χ0v) is 11.7. The molecular formula is C15H20N4O. The van der Waals surface area contributed by atoms with Crippen LogP contribution in [0.15, 0.2) is 24.3 Å². The molecule has 1 saturated carbocycles. The van der Waals surface area contributed by atoms with Crippen molar-refractivity contribution in [2.45, 2.75) is 31.2 Å². The topological polar surface area (TPSA) is 70.1 Å². The molecule has 1 fully saturated rings. The van der Waals surface area contributed by atoms with Crippen LogP contribution in [-0.4, -0.2) is 34.3 Å². The first-order valence-corrected chi connectivity index (χ1v) is 7.10. The van der Waals surface area contributed by atoms with Gasteiger partial charge in [-0.2, -0.15) is 4.98 Å². The van der Waals surface area contributed by atoms with E-state index < -0.39 is 0 Å². The Morgan fingerprint density at radius 2 is 1.95 bits per heavy atom. The van der Waals surface area contributed by atoms with Crippen molar-refractivity contribution in [2.24, 2.45) is 0 Å². The van der Waals surface area contributed by atoms with Crippen LogP contribution >= 0.6 is 0 Å². The van der Waals surface area contributed by atoms with Crippen LogP contribution in [0.2, 0.25) is 0 Å². The number of nitrogens with one attached hydrogen (secondary N) is 2. The third kappa shape index (κ3) is 2.29. The number of benzene rings is 1. The maximum atomic E-state index is 9.75. The summed E-state index contributed by atoms with van der Waals surface area (Å²) in [5.74, 6) is 1.40. The fourth-order valence-corrected chi connectivity index (χ4v) is 2.91. The van der Waals surface area contributed by atoms with Crippen molar-refractivity contribution in [1.29, 1.82) is 0 Å². The van der Waals surface area contributed by atoms with Gasteiger partial charge in [0, 0.05) is 12.4 Å². The molecule has 0 unspecified atom stereocenters. The minimum Gasteiger partial charge on any atom is -0.394 e. The highest BCUT2D eigenvalue weighted by Crippen LogP contribution is 2.34. The summed E-state index contributed by atoms with van der Waals surface area (Å²) in [4.78, 5) is 8.98. The molecule has 3 N–H and O–H groups in total. The standard InChI is InChI=1S/C15H20N4O/c1-16-14-17-12-7-3-2-6-11(12)13(18-14)19-15(10-20)8-4-5-9-15/h2-3,6-7,20H,4-5,8-10H2,1H3,(H2,16,17,18,19). The molecular weight excluding hydrogens is 252 g/mol. The number of hydrogen-bond acceptors (Lipinski definition) is 5. The van der Waals surface area contributed by atoms with Gasteiger partial charge in [-0.05, 0) is 25.0 Å². The van der Waals surface area contributed by atoms with Gasteiger partial charge in [-0.1, -0.05) is 25.0 Å². The second-order valence-electron chi connectivity index (χ2n) is 5.43. The van der Waals surface area contributed by atoms with E-state index in [2.05, 4.69) is 20.6 Å². The molecule has 1 aliphatic carbocycles. The van der Waals surface area contributed by atoms with E-state index in [-0.39, 0.29) is 12.1 Å². The molecule has 0 bridgehead atoms. The molecule has 0 spiro atoms. The lowest BCUT2D eigenvalue weighted by atomic mass is 9.98. The van der Waals surface area contributed by atoms with Crippen LogP contribution in [0.25, 0.3) is 10.9 Å². The first kappa shape index (κ1) is 13.1. The van der Waals surface area contributed by atoms with Crippen LogP contribution in [0.5, 0.6) is 0 Å². The summed E-state index contributed by atoms with van der Waals surface area (Å²) in [6, 6.07) is 7.94. The van der Waals surface area contributed by atoms with Crippen LogP contribution in [-0.2, 0) is 0 Å². The van der Waals surface area contributed by atoms with Crippen LogP contribution in [0.3, 0.4) is 0 Å². The van der Waals surface area contributed by atoms with E-state index in [1.807, 2.05) is 31.3 Å². The molecule has 1 aromatic carbocycles. The predicted molar refractivity (Wildman–Crippen MR) is 81.0 cm³/mol. The lowest BCUT2D eigenvalue weighted by Gasteiger charge is -2.29. The summed E-state index contributed by atoms with van der Waals surface area (Å²) >= 11 is 0. The summed E-state index contributed by atoms with van der Waals surface area (Å²) in [5, 5.41) is 17.2. The van der Waals surface area contributed by atoms with Crippen LogP contribution in [0, 0.1) is 0 Å². The van der Waals surface area contributed by atoms with Crippen molar-refractivity contribution >= 4 is 22.7 Å². The Morgan fingerprint density at radius 3 is 2.65 bits per heavy atom. The van der Waals surface area contributed by atoms with Crippen LogP contribution < -0.4 is 10.6 Å². The van der Waals surface area contributed by atoms with E-state index in [1.165, 1.54) is 0 Å². The highest BCUT2D eigenvalue weighted by molar-refractivity contribution is 5.90.